The minimum Gasteiger partial charge on any atom is -0.456 e. The Labute approximate surface area is 240 Å². The predicted molar refractivity (Wildman–Crippen MR) is 161 cm³/mol. The summed E-state index contributed by atoms with van der Waals surface area (Å²) in [6.07, 6.45) is 4.53. The Morgan fingerprint density at radius 1 is 0.775 bits per heavy atom. The zero-order valence-corrected chi connectivity index (χ0v) is 23.6. The van der Waals surface area contributed by atoms with Gasteiger partial charge in [-0.05, 0) is 73.5 Å². The van der Waals surface area contributed by atoms with Gasteiger partial charge in [0.1, 0.15) is 11.5 Å². The van der Waals surface area contributed by atoms with E-state index in [1.165, 1.54) is 0 Å². The van der Waals surface area contributed by atoms with Crippen LogP contribution in [-0.4, -0.2) is 19.1 Å². The summed E-state index contributed by atoms with van der Waals surface area (Å²) in [5.74, 6) is 1.05. The van der Waals surface area contributed by atoms with E-state index in [-0.39, 0.29) is 5.97 Å². The fourth-order valence-electron chi connectivity index (χ4n) is 5.70. The number of anilines is 3. The molecule has 204 valence electrons. The largest absolute Gasteiger partial charge is 0.456 e. The quantitative estimate of drug-likeness (QED) is 0.210. The second-order valence-electron chi connectivity index (χ2n) is 10.4. The molecular formula is C34H33ClN2O3. The molecule has 1 atom stereocenters. The summed E-state index contributed by atoms with van der Waals surface area (Å²) in [6, 6.07) is 27.5. The molecule has 6 heteroatoms. The number of esters is 1. The van der Waals surface area contributed by atoms with Gasteiger partial charge in [0.05, 0.1) is 5.56 Å². The average molecular weight is 553 g/mol. The number of benzene rings is 4. The van der Waals surface area contributed by atoms with Crippen LogP contribution in [0.4, 0.5) is 17.1 Å². The molecule has 40 heavy (non-hydrogen) atoms. The van der Waals surface area contributed by atoms with E-state index in [1.807, 2.05) is 66.7 Å². The fourth-order valence-corrected chi connectivity index (χ4v) is 5.83. The Morgan fingerprint density at radius 3 is 2.25 bits per heavy atom. The van der Waals surface area contributed by atoms with Crippen LogP contribution in [-0.2, 0) is 10.3 Å². The molecular weight excluding hydrogens is 520 g/mol. The molecule has 4 aromatic carbocycles. The fraction of sp³-hybridized carbons (Fsp3) is 0.265. The first-order valence-corrected chi connectivity index (χ1v) is 14.5. The molecule has 4 aromatic rings. The van der Waals surface area contributed by atoms with Crippen LogP contribution in [0.5, 0.6) is 11.5 Å². The molecule has 5 nitrogen and oxygen atoms in total. The smallest absolute Gasteiger partial charge is 0.340 e. The Morgan fingerprint density at radius 2 is 1.50 bits per heavy atom. The maximum Gasteiger partial charge on any atom is 0.340 e. The van der Waals surface area contributed by atoms with Crippen molar-refractivity contribution in [2.45, 2.75) is 45.1 Å². The van der Waals surface area contributed by atoms with Crippen LogP contribution < -0.4 is 15.0 Å². The first-order chi connectivity index (χ1) is 19.5. The molecule has 0 saturated heterocycles. The molecule has 2 aliphatic rings. The lowest BCUT2D eigenvalue weighted by molar-refractivity contribution is 0.0224. The van der Waals surface area contributed by atoms with Crippen molar-refractivity contribution in [3.8, 4) is 11.5 Å². The molecule has 2 aliphatic heterocycles. The van der Waals surface area contributed by atoms with Gasteiger partial charge in [-0.1, -0.05) is 56.5 Å². The standard InChI is InChI=1S/C34H33ClN2O3/c1-3-5-19-37(20-6-4-2)26-16-17-29-32(22-26)39-31-18-15-25(36-24-13-11-23(35)12-14-24)21-30(31)34(29)28-10-8-7-9-27(28)33(38)40-34/h7-18,21-22,36H,3-6,19-20H2,1-2H3. The van der Waals surface area contributed by atoms with Crippen molar-refractivity contribution in [2.24, 2.45) is 0 Å². The summed E-state index contributed by atoms with van der Waals surface area (Å²) < 4.78 is 13.0. The highest BCUT2D eigenvalue weighted by Crippen LogP contribution is 2.57. The molecule has 0 aromatic heterocycles. The van der Waals surface area contributed by atoms with Gasteiger partial charge in [-0.2, -0.15) is 0 Å². The van der Waals surface area contributed by atoms with Gasteiger partial charge in [0.15, 0.2) is 5.60 Å². The van der Waals surface area contributed by atoms with Crippen LogP contribution in [0.2, 0.25) is 5.02 Å². The van der Waals surface area contributed by atoms with Gasteiger partial charge in [0, 0.05) is 57.9 Å². The summed E-state index contributed by atoms with van der Waals surface area (Å²) in [5.41, 5.74) is 4.81. The number of nitrogens with zero attached hydrogens (tertiary/aromatic N) is 1. The molecule has 1 N–H and O–H groups in total. The van der Waals surface area contributed by atoms with Crippen molar-refractivity contribution in [2.75, 3.05) is 23.3 Å². The third-order valence-corrected chi connectivity index (χ3v) is 8.01. The number of hydrogen-bond donors (Lipinski definition) is 1. The van der Waals surface area contributed by atoms with Gasteiger partial charge in [-0.3, -0.25) is 0 Å². The van der Waals surface area contributed by atoms with Crippen molar-refractivity contribution >= 4 is 34.6 Å². The second-order valence-corrected chi connectivity index (χ2v) is 10.9. The number of nitrogens with one attached hydrogen (secondary N) is 1. The van der Waals surface area contributed by atoms with Crippen LogP contribution in [0, 0.1) is 0 Å². The van der Waals surface area contributed by atoms with Crippen LogP contribution in [0.3, 0.4) is 0 Å². The lowest BCUT2D eigenvalue weighted by atomic mass is 9.77. The summed E-state index contributed by atoms with van der Waals surface area (Å²) in [4.78, 5) is 15.7. The summed E-state index contributed by atoms with van der Waals surface area (Å²) in [7, 11) is 0. The van der Waals surface area contributed by atoms with Crippen molar-refractivity contribution in [1.82, 2.24) is 0 Å². The van der Waals surface area contributed by atoms with E-state index in [0.29, 0.717) is 22.1 Å². The van der Waals surface area contributed by atoms with Crippen LogP contribution >= 0.6 is 11.6 Å². The number of hydrogen-bond acceptors (Lipinski definition) is 5. The van der Waals surface area contributed by atoms with Crippen LogP contribution in [0.25, 0.3) is 0 Å². The number of carbonyl (C=O) groups is 1. The van der Waals surface area contributed by atoms with Gasteiger partial charge in [0.25, 0.3) is 0 Å². The van der Waals surface area contributed by atoms with Gasteiger partial charge in [0.2, 0.25) is 0 Å². The normalized spacial score (nSPS) is 16.5. The Hall–Kier alpha value is -3.96. The zero-order chi connectivity index (χ0) is 27.7. The molecule has 6 rings (SSSR count). The van der Waals surface area contributed by atoms with Gasteiger partial charge in [-0.25, -0.2) is 4.79 Å². The SMILES string of the molecule is CCCCN(CCCC)c1ccc2c(c1)Oc1ccc(Nc3ccc(Cl)cc3)cc1C21OC(=O)c2ccccc21. The van der Waals surface area contributed by atoms with Crippen molar-refractivity contribution in [3.05, 3.63) is 112 Å². The lowest BCUT2D eigenvalue weighted by Gasteiger charge is -2.37. The van der Waals surface area contributed by atoms with Crippen LogP contribution in [0.1, 0.15) is 66.6 Å². The zero-order valence-electron chi connectivity index (χ0n) is 22.9. The second kappa shape index (κ2) is 10.9. The third-order valence-electron chi connectivity index (χ3n) is 7.76. The van der Waals surface area contributed by atoms with Crippen molar-refractivity contribution in [3.63, 3.8) is 0 Å². The van der Waals surface area contributed by atoms with E-state index in [9.17, 15) is 4.79 Å². The van der Waals surface area contributed by atoms with Crippen molar-refractivity contribution in [1.29, 1.82) is 0 Å². The first-order valence-electron chi connectivity index (χ1n) is 14.1. The van der Waals surface area contributed by atoms with E-state index >= 15 is 0 Å². The summed E-state index contributed by atoms with van der Waals surface area (Å²) >= 11 is 6.09. The minimum absolute atomic E-state index is 0.331. The monoisotopic (exact) mass is 552 g/mol. The molecule has 2 heterocycles. The van der Waals surface area contributed by atoms with E-state index in [1.54, 1.807) is 0 Å². The molecule has 0 saturated carbocycles. The van der Waals surface area contributed by atoms with Gasteiger partial charge < -0.3 is 19.7 Å². The lowest BCUT2D eigenvalue weighted by Crippen LogP contribution is -2.33. The maximum atomic E-state index is 13.3. The Balaban J connectivity index is 1.47. The minimum atomic E-state index is -1.11. The highest BCUT2D eigenvalue weighted by atomic mass is 35.5. The Bertz CT molecular complexity index is 1540. The number of halogens is 1. The molecule has 1 unspecified atom stereocenters. The molecule has 1 spiro atoms. The van der Waals surface area contributed by atoms with Crippen molar-refractivity contribution < 1.29 is 14.3 Å². The predicted octanol–water partition coefficient (Wildman–Crippen LogP) is 9.06. The highest BCUT2D eigenvalue weighted by molar-refractivity contribution is 6.30. The van der Waals surface area contributed by atoms with E-state index in [2.05, 4.69) is 42.3 Å². The summed E-state index contributed by atoms with van der Waals surface area (Å²) in [6.45, 7) is 6.43. The molecule has 0 radical (unpaired) electrons. The van der Waals surface area contributed by atoms with E-state index in [0.717, 1.165) is 72.5 Å². The molecule has 0 amide bonds. The molecule has 0 fully saturated rings. The number of fused-ring (bicyclic) bond motifs is 6. The third kappa shape index (κ3) is 4.58. The average Bonchev–Trinajstić information content (AvgIpc) is 3.27. The molecule has 0 bridgehead atoms. The number of ether oxygens (including phenoxy) is 2. The Kier molecular flexibility index (Phi) is 7.16. The maximum absolute atomic E-state index is 13.3. The van der Waals surface area contributed by atoms with E-state index < -0.39 is 5.60 Å². The van der Waals surface area contributed by atoms with Crippen LogP contribution in [0.15, 0.2) is 84.9 Å². The highest BCUT2D eigenvalue weighted by Gasteiger charge is 2.53. The number of unbranched alkanes of at least 4 members (excludes halogenated alkanes) is 2. The van der Waals surface area contributed by atoms with Gasteiger partial charge >= 0.3 is 5.97 Å². The summed E-state index contributed by atoms with van der Waals surface area (Å²) in [5, 5.41) is 4.13. The topological polar surface area (TPSA) is 50.8 Å². The van der Waals surface area contributed by atoms with E-state index in [4.69, 9.17) is 21.1 Å². The number of rotatable bonds is 9. The molecule has 0 aliphatic carbocycles. The number of carbonyl (C=O) groups excluding carboxylic acids is 1. The first kappa shape index (κ1) is 26.3. The van der Waals surface area contributed by atoms with Gasteiger partial charge in [-0.15, -0.1) is 0 Å².